The molecule has 0 saturated heterocycles. The van der Waals surface area contributed by atoms with Gasteiger partial charge in [0.05, 0.1) is 33.1 Å². The zero-order valence-corrected chi connectivity index (χ0v) is 28.0. The number of para-hydroxylation sites is 5. The maximum absolute atomic E-state index is 6.33. The van der Waals surface area contributed by atoms with Crippen LogP contribution in [0.25, 0.3) is 104 Å². The molecule has 0 unspecified atom stereocenters. The van der Waals surface area contributed by atoms with E-state index in [1.165, 1.54) is 59.9 Å². The summed E-state index contributed by atoms with van der Waals surface area (Å²) in [5.74, 6) is 0. The number of fused-ring (bicyclic) bond motifs is 12. The van der Waals surface area contributed by atoms with E-state index in [1.54, 1.807) is 0 Å². The summed E-state index contributed by atoms with van der Waals surface area (Å²) in [6.07, 6.45) is 0. The summed E-state index contributed by atoms with van der Waals surface area (Å²) in [6, 6.07) is 63.6. The van der Waals surface area contributed by atoms with Crippen LogP contribution in [0.2, 0.25) is 0 Å². The highest BCUT2D eigenvalue weighted by molar-refractivity contribution is 6.19. The van der Waals surface area contributed by atoms with Gasteiger partial charge in [0.15, 0.2) is 0 Å². The van der Waals surface area contributed by atoms with Crippen molar-refractivity contribution in [2.45, 2.75) is 0 Å². The Balaban J connectivity index is 1.13. The minimum absolute atomic E-state index is 0.895. The van der Waals surface area contributed by atoms with E-state index in [0.717, 1.165) is 44.5 Å². The summed E-state index contributed by atoms with van der Waals surface area (Å²) < 4.78 is 13.6. The SMILES string of the molecule is c1ccc(-n2c3ccccc3c3cc4c(cc32)c2ccccc2n4-c2ccc3c(c2)c2ccccc2n3-c2ccc3c(c2)oc2ccccc23)cc1. The van der Waals surface area contributed by atoms with E-state index in [9.17, 15) is 0 Å². The average molecular weight is 664 g/mol. The molecule has 0 N–H and O–H groups in total. The third-order valence-corrected chi connectivity index (χ3v) is 11.0. The Morgan fingerprint density at radius 3 is 1.35 bits per heavy atom. The van der Waals surface area contributed by atoms with Gasteiger partial charge in [0.25, 0.3) is 0 Å². The first kappa shape index (κ1) is 27.7. The third-order valence-electron chi connectivity index (χ3n) is 11.0. The van der Waals surface area contributed by atoms with Crippen molar-refractivity contribution in [1.82, 2.24) is 13.7 Å². The Morgan fingerprint density at radius 1 is 0.250 bits per heavy atom. The van der Waals surface area contributed by atoms with Crippen LogP contribution in [0.4, 0.5) is 0 Å². The first-order valence-electron chi connectivity index (χ1n) is 17.8. The van der Waals surface area contributed by atoms with Gasteiger partial charge in [-0.1, -0.05) is 91.0 Å². The van der Waals surface area contributed by atoms with E-state index in [4.69, 9.17) is 4.42 Å². The molecule has 0 saturated carbocycles. The zero-order chi connectivity index (χ0) is 33.9. The van der Waals surface area contributed by atoms with Crippen molar-refractivity contribution in [3.05, 3.63) is 176 Å². The maximum Gasteiger partial charge on any atom is 0.137 e. The number of hydrogen-bond acceptors (Lipinski definition) is 1. The number of nitrogens with zero attached hydrogens (tertiary/aromatic N) is 3. The van der Waals surface area contributed by atoms with Crippen molar-refractivity contribution in [3.63, 3.8) is 0 Å². The highest BCUT2D eigenvalue weighted by Crippen LogP contribution is 2.41. The number of benzene rings is 8. The molecule has 0 radical (unpaired) electrons. The largest absolute Gasteiger partial charge is 0.456 e. The van der Waals surface area contributed by atoms with Crippen LogP contribution in [0, 0.1) is 0 Å². The van der Waals surface area contributed by atoms with Crippen LogP contribution in [0.1, 0.15) is 0 Å². The highest BCUT2D eigenvalue weighted by atomic mass is 16.3. The molecule has 0 aliphatic heterocycles. The summed E-state index contributed by atoms with van der Waals surface area (Å²) in [7, 11) is 0. The molecule has 4 heterocycles. The summed E-state index contributed by atoms with van der Waals surface area (Å²) in [5.41, 5.74) is 12.3. The molecule has 8 aromatic carbocycles. The molecule has 0 fully saturated rings. The van der Waals surface area contributed by atoms with E-state index < -0.39 is 0 Å². The van der Waals surface area contributed by atoms with Crippen LogP contribution in [-0.2, 0) is 0 Å². The minimum Gasteiger partial charge on any atom is -0.456 e. The Hall–Kier alpha value is -7.04. The molecule has 242 valence electrons. The topological polar surface area (TPSA) is 27.9 Å². The van der Waals surface area contributed by atoms with Gasteiger partial charge in [-0.05, 0) is 78.9 Å². The second kappa shape index (κ2) is 10.3. The van der Waals surface area contributed by atoms with Crippen molar-refractivity contribution in [2.75, 3.05) is 0 Å². The van der Waals surface area contributed by atoms with Crippen LogP contribution in [-0.4, -0.2) is 13.7 Å². The molecule has 52 heavy (non-hydrogen) atoms. The van der Waals surface area contributed by atoms with Gasteiger partial charge in [-0.25, -0.2) is 0 Å². The van der Waals surface area contributed by atoms with Crippen molar-refractivity contribution in [2.24, 2.45) is 0 Å². The summed E-state index contributed by atoms with van der Waals surface area (Å²) in [4.78, 5) is 0. The van der Waals surface area contributed by atoms with Crippen LogP contribution in [0.15, 0.2) is 180 Å². The van der Waals surface area contributed by atoms with Crippen LogP contribution in [0.3, 0.4) is 0 Å². The summed E-state index contributed by atoms with van der Waals surface area (Å²) in [5, 5.41) is 9.69. The van der Waals surface area contributed by atoms with Gasteiger partial charge < -0.3 is 18.1 Å². The van der Waals surface area contributed by atoms with Crippen molar-refractivity contribution in [3.8, 4) is 17.1 Å². The summed E-state index contributed by atoms with van der Waals surface area (Å²) in [6.45, 7) is 0. The fraction of sp³-hybridized carbons (Fsp3) is 0. The van der Waals surface area contributed by atoms with Gasteiger partial charge in [0.1, 0.15) is 11.2 Å². The van der Waals surface area contributed by atoms with Crippen molar-refractivity contribution in [1.29, 1.82) is 0 Å². The monoisotopic (exact) mass is 663 g/mol. The fourth-order valence-corrected chi connectivity index (χ4v) is 8.80. The van der Waals surface area contributed by atoms with Crippen LogP contribution in [0.5, 0.6) is 0 Å². The quantitative estimate of drug-likeness (QED) is 0.185. The molecule has 0 bridgehead atoms. The molecular weight excluding hydrogens is 635 g/mol. The molecule has 0 aliphatic carbocycles. The van der Waals surface area contributed by atoms with E-state index >= 15 is 0 Å². The van der Waals surface area contributed by atoms with Crippen LogP contribution < -0.4 is 0 Å². The Kier molecular flexibility index (Phi) is 5.47. The molecule has 0 atom stereocenters. The van der Waals surface area contributed by atoms with E-state index in [2.05, 4.69) is 177 Å². The predicted molar refractivity (Wildman–Crippen MR) is 217 cm³/mol. The van der Waals surface area contributed by atoms with Gasteiger partial charge >= 0.3 is 0 Å². The molecule has 12 rings (SSSR count). The first-order chi connectivity index (χ1) is 25.8. The molecule has 4 aromatic heterocycles. The third kappa shape index (κ3) is 3.70. The zero-order valence-electron chi connectivity index (χ0n) is 28.0. The van der Waals surface area contributed by atoms with Gasteiger partial charge in [0, 0.05) is 66.2 Å². The molecule has 0 aliphatic rings. The smallest absolute Gasteiger partial charge is 0.137 e. The fourth-order valence-electron chi connectivity index (χ4n) is 8.80. The van der Waals surface area contributed by atoms with Crippen molar-refractivity contribution < 1.29 is 4.42 Å². The molecule has 4 heteroatoms. The maximum atomic E-state index is 6.33. The van der Waals surface area contributed by atoms with Gasteiger partial charge in [-0.2, -0.15) is 0 Å². The van der Waals surface area contributed by atoms with E-state index in [1.807, 2.05) is 12.1 Å². The van der Waals surface area contributed by atoms with Gasteiger partial charge in [0.2, 0.25) is 0 Å². The molecule has 0 spiro atoms. The molecule has 4 nitrogen and oxygen atoms in total. The van der Waals surface area contributed by atoms with Crippen molar-refractivity contribution >= 4 is 87.4 Å². The van der Waals surface area contributed by atoms with E-state index in [0.29, 0.717) is 0 Å². The lowest BCUT2D eigenvalue weighted by Crippen LogP contribution is -1.96. The highest BCUT2D eigenvalue weighted by Gasteiger charge is 2.20. The predicted octanol–water partition coefficient (Wildman–Crippen LogP) is 12.9. The molecule has 0 amide bonds. The number of hydrogen-bond donors (Lipinski definition) is 0. The second-order valence-corrected chi connectivity index (χ2v) is 13.8. The lowest BCUT2D eigenvalue weighted by molar-refractivity contribution is 0.668. The number of aromatic nitrogens is 3. The number of furan rings is 1. The lowest BCUT2D eigenvalue weighted by atomic mass is 10.1. The normalized spacial score (nSPS) is 12.2. The Morgan fingerprint density at radius 2 is 0.692 bits per heavy atom. The Labute approximate surface area is 297 Å². The lowest BCUT2D eigenvalue weighted by Gasteiger charge is -2.11. The van der Waals surface area contributed by atoms with Gasteiger partial charge in [-0.3, -0.25) is 0 Å². The first-order valence-corrected chi connectivity index (χ1v) is 17.8. The second-order valence-electron chi connectivity index (χ2n) is 13.8. The Bertz CT molecular complexity index is 3410. The van der Waals surface area contributed by atoms with E-state index in [-0.39, 0.29) is 0 Å². The standard InChI is InChI=1S/C48H29N3O/c1-2-12-30(13-3-1)49-41-18-8-5-15-34(41)39-29-46-40(28-45(39)49)35-16-6-10-20-43(35)51(46)31-23-25-44-38(26-31)33-14-4-9-19-42(33)50(44)32-22-24-37-36-17-7-11-21-47(36)52-48(37)27-32/h1-29H. The molecule has 12 aromatic rings. The van der Waals surface area contributed by atoms with Crippen LogP contribution >= 0.6 is 0 Å². The number of rotatable bonds is 3. The molecular formula is C48H29N3O. The van der Waals surface area contributed by atoms with Gasteiger partial charge in [-0.15, -0.1) is 0 Å². The summed E-state index contributed by atoms with van der Waals surface area (Å²) >= 11 is 0. The average Bonchev–Trinajstić information content (AvgIpc) is 3.93. The minimum atomic E-state index is 0.895.